The second kappa shape index (κ2) is 8.19. The van der Waals surface area contributed by atoms with Crippen LogP contribution in [0.5, 0.6) is 0 Å². The molecule has 0 spiro atoms. The fourth-order valence-corrected chi connectivity index (χ4v) is 4.38. The maximum Gasteiger partial charge on any atom is 0.277 e. The van der Waals surface area contributed by atoms with Gasteiger partial charge >= 0.3 is 0 Å². The van der Waals surface area contributed by atoms with Crippen molar-refractivity contribution in [3.63, 3.8) is 0 Å². The molecule has 1 aliphatic carbocycles. The van der Waals surface area contributed by atoms with E-state index in [-0.39, 0.29) is 17.7 Å². The summed E-state index contributed by atoms with van der Waals surface area (Å²) in [5.41, 5.74) is 4.65. The molecular weight excluding hydrogens is 370 g/mol. The standard InChI is InChI=1S/C22H23N3O2S/c1-15-7-5-10-17(13-15)21-23-24-22(27-21)28-14-20(26)25(2)19-12-6-9-16-8-3-4-11-18(16)19/h3-5,7-8,10-11,13,19H,6,9,12,14H2,1-2H3/t19-/m1/s1. The van der Waals surface area contributed by atoms with Gasteiger partial charge in [-0.1, -0.05) is 53.7 Å². The Labute approximate surface area is 169 Å². The molecule has 0 N–H and O–H groups in total. The lowest BCUT2D eigenvalue weighted by molar-refractivity contribution is -0.129. The Hall–Kier alpha value is -2.60. The van der Waals surface area contributed by atoms with E-state index in [0.29, 0.717) is 11.1 Å². The summed E-state index contributed by atoms with van der Waals surface area (Å²) in [7, 11) is 1.89. The van der Waals surface area contributed by atoms with E-state index in [4.69, 9.17) is 4.42 Å². The normalized spacial score (nSPS) is 15.9. The number of carbonyl (C=O) groups excluding carboxylic acids is 1. The van der Waals surface area contributed by atoms with E-state index in [9.17, 15) is 4.79 Å². The molecule has 5 nitrogen and oxygen atoms in total. The molecule has 1 aromatic heterocycles. The minimum Gasteiger partial charge on any atom is -0.411 e. The van der Waals surface area contributed by atoms with Crippen molar-refractivity contribution >= 4 is 17.7 Å². The van der Waals surface area contributed by atoms with E-state index < -0.39 is 0 Å². The number of hydrogen-bond donors (Lipinski definition) is 0. The van der Waals surface area contributed by atoms with Crippen LogP contribution in [0.25, 0.3) is 11.5 Å². The molecule has 144 valence electrons. The minimum atomic E-state index is 0.0713. The number of carbonyl (C=O) groups is 1. The molecule has 1 aliphatic rings. The minimum absolute atomic E-state index is 0.0713. The SMILES string of the molecule is Cc1cccc(-c2nnc(SCC(=O)N(C)[C@@H]3CCCc4ccccc43)o2)c1. The van der Waals surface area contributed by atoms with Gasteiger partial charge in [0.05, 0.1) is 11.8 Å². The molecule has 0 fully saturated rings. The molecular formula is C22H23N3O2S. The van der Waals surface area contributed by atoms with E-state index in [1.54, 1.807) is 0 Å². The lowest BCUT2D eigenvalue weighted by atomic mass is 9.87. The molecule has 0 saturated heterocycles. The molecule has 0 aliphatic heterocycles. The molecule has 0 bridgehead atoms. The lowest BCUT2D eigenvalue weighted by Gasteiger charge is -2.33. The lowest BCUT2D eigenvalue weighted by Crippen LogP contribution is -2.34. The fraction of sp³-hybridized carbons (Fsp3) is 0.318. The van der Waals surface area contributed by atoms with Crippen molar-refractivity contribution in [2.75, 3.05) is 12.8 Å². The Morgan fingerprint density at radius 1 is 1.21 bits per heavy atom. The molecule has 0 unspecified atom stereocenters. The van der Waals surface area contributed by atoms with Gasteiger partial charge in [0.15, 0.2) is 0 Å². The van der Waals surface area contributed by atoms with Crippen molar-refractivity contribution in [3.05, 3.63) is 65.2 Å². The molecule has 3 aromatic rings. The molecule has 4 rings (SSSR count). The van der Waals surface area contributed by atoms with Crippen LogP contribution in [0.15, 0.2) is 58.2 Å². The summed E-state index contributed by atoms with van der Waals surface area (Å²) in [6.07, 6.45) is 3.20. The Balaban J connectivity index is 1.40. The highest BCUT2D eigenvalue weighted by Gasteiger charge is 2.26. The van der Waals surface area contributed by atoms with Gasteiger partial charge < -0.3 is 9.32 Å². The van der Waals surface area contributed by atoms with Gasteiger partial charge in [0, 0.05) is 12.6 Å². The number of aromatic nitrogens is 2. The van der Waals surface area contributed by atoms with E-state index >= 15 is 0 Å². The zero-order valence-corrected chi connectivity index (χ0v) is 16.9. The van der Waals surface area contributed by atoms with E-state index in [1.807, 2.05) is 43.1 Å². The van der Waals surface area contributed by atoms with Gasteiger partial charge in [-0.25, -0.2) is 0 Å². The third kappa shape index (κ3) is 3.97. The van der Waals surface area contributed by atoms with Crippen LogP contribution in [0.3, 0.4) is 0 Å². The molecule has 6 heteroatoms. The predicted molar refractivity (Wildman–Crippen MR) is 110 cm³/mol. The summed E-state index contributed by atoms with van der Waals surface area (Å²) in [4.78, 5) is 14.6. The highest BCUT2D eigenvalue weighted by Crippen LogP contribution is 2.34. The van der Waals surface area contributed by atoms with Crippen molar-refractivity contribution in [2.45, 2.75) is 37.5 Å². The van der Waals surface area contributed by atoms with Crippen molar-refractivity contribution in [3.8, 4) is 11.5 Å². The van der Waals surface area contributed by atoms with Crippen LogP contribution in [-0.2, 0) is 11.2 Å². The maximum atomic E-state index is 12.8. The van der Waals surface area contributed by atoms with Gasteiger partial charge in [0.1, 0.15) is 0 Å². The largest absolute Gasteiger partial charge is 0.411 e. The highest BCUT2D eigenvalue weighted by molar-refractivity contribution is 7.99. The van der Waals surface area contributed by atoms with Crippen molar-refractivity contribution < 1.29 is 9.21 Å². The molecule has 1 heterocycles. The first-order chi connectivity index (χ1) is 13.6. The van der Waals surface area contributed by atoms with Crippen molar-refractivity contribution in [1.82, 2.24) is 15.1 Å². The van der Waals surface area contributed by atoms with E-state index in [2.05, 4.69) is 34.5 Å². The number of nitrogens with zero attached hydrogens (tertiary/aromatic N) is 3. The molecule has 2 aromatic carbocycles. The van der Waals surface area contributed by atoms with Crippen LogP contribution in [0.4, 0.5) is 0 Å². The second-order valence-corrected chi connectivity index (χ2v) is 8.07. The van der Waals surface area contributed by atoms with Crippen LogP contribution >= 0.6 is 11.8 Å². The molecule has 28 heavy (non-hydrogen) atoms. The van der Waals surface area contributed by atoms with Crippen LogP contribution in [-0.4, -0.2) is 33.8 Å². The van der Waals surface area contributed by atoms with Crippen LogP contribution in [0.2, 0.25) is 0 Å². The predicted octanol–water partition coefficient (Wildman–Crippen LogP) is 4.67. The number of amides is 1. The second-order valence-electron chi connectivity index (χ2n) is 7.14. The van der Waals surface area contributed by atoms with Crippen molar-refractivity contribution in [1.29, 1.82) is 0 Å². The van der Waals surface area contributed by atoms with Gasteiger partial charge in [-0.05, 0) is 49.4 Å². The van der Waals surface area contributed by atoms with Gasteiger partial charge in [-0.2, -0.15) is 0 Å². The summed E-state index contributed by atoms with van der Waals surface area (Å²) in [6.45, 7) is 2.02. The monoisotopic (exact) mass is 393 g/mol. The summed E-state index contributed by atoms with van der Waals surface area (Å²) < 4.78 is 5.73. The summed E-state index contributed by atoms with van der Waals surface area (Å²) in [5, 5.41) is 8.60. The zero-order chi connectivity index (χ0) is 19.5. The smallest absolute Gasteiger partial charge is 0.277 e. The summed E-state index contributed by atoms with van der Waals surface area (Å²) >= 11 is 1.29. The summed E-state index contributed by atoms with van der Waals surface area (Å²) in [6, 6.07) is 16.5. The first-order valence-corrected chi connectivity index (χ1v) is 10.5. The number of benzene rings is 2. The topological polar surface area (TPSA) is 59.2 Å². The van der Waals surface area contributed by atoms with E-state index in [1.165, 1.54) is 22.9 Å². The van der Waals surface area contributed by atoms with Gasteiger partial charge in [-0.15, -0.1) is 10.2 Å². The molecule has 0 radical (unpaired) electrons. The first kappa shape index (κ1) is 18.7. The number of thioether (sulfide) groups is 1. The quantitative estimate of drug-likeness (QED) is 0.590. The highest BCUT2D eigenvalue weighted by atomic mass is 32.2. The van der Waals surface area contributed by atoms with Gasteiger partial charge in [0.2, 0.25) is 11.8 Å². The Kier molecular flexibility index (Phi) is 5.48. The third-order valence-corrected chi connectivity index (χ3v) is 5.99. The molecule has 1 atom stereocenters. The van der Waals surface area contributed by atoms with Crippen LogP contribution in [0, 0.1) is 6.92 Å². The first-order valence-electron chi connectivity index (χ1n) is 9.48. The van der Waals surface area contributed by atoms with Gasteiger partial charge in [0.25, 0.3) is 5.22 Å². The number of rotatable bonds is 5. The average Bonchev–Trinajstić information content (AvgIpc) is 3.20. The summed E-state index contributed by atoms with van der Waals surface area (Å²) in [5.74, 6) is 0.833. The Morgan fingerprint density at radius 2 is 2.07 bits per heavy atom. The fourth-order valence-electron chi connectivity index (χ4n) is 3.69. The maximum absolute atomic E-state index is 12.8. The molecule has 1 amide bonds. The third-order valence-electron chi connectivity index (χ3n) is 5.19. The van der Waals surface area contributed by atoms with Crippen LogP contribution in [0.1, 0.15) is 35.6 Å². The van der Waals surface area contributed by atoms with Crippen molar-refractivity contribution in [2.24, 2.45) is 0 Å². The average molecular weight is 394 g/mol. The van der Waals surface area contributed by atoms with Crippen LogP contribution < -0.4 is 0 Å². The Bertz CT molecular complexity index is 985. The number of hydrogen-bond acceptors (Lipinski definition) is 5. The number of fused-ring (bicyclic) bond motifs is 1. The number of aryl methyl sites for hydroxylation is 2. The van der Waals surface area contributed by atoms with Gasteiger partial charge in [-0.3, -0.25) is 4.79 Å². The van der Waals surface area contributed by atoms with E-state index in [0.717, 1.165) is 30.4 Å². The molecule has 0 saturated carbocycles. The Morgan fingerprint density at radius 3 is 2.93 bits per heavy atom. The zero-order valence-electron chi connectivity index (χ0n) is 16.1.